The first kappa shape index (κ1) is 7.63. The summed E-state index contributed by atoms with van der Waals surface area (Å²) in [5.74, 6) is -0.384. The molecule has 0 aromatic rings. The zero-order chi connectivity index (χ0) is 8.27. The van der Waals surface area contributed by atoms with Crippen LogP contribution in [0.25, 0.3) is 10.4 Å². The van der Waals surface area contributed by atoms with Crippen LogP contribution in [-0.4, -0.2) is 12.1 Å². The average molecular weight is 153 g/mol. The van der Waals surface area contributed by atoms with E-state index in [0.29, 0.717) is 12.0 Å². The van der Waals surface area contributed by atoms with Crippen molar-refractivity contribution in [2.24, 2.45) is 5.11 Å². The predicted octanol–water partition coefficient (Wildman–Crippen LogP) is 1.52. The third kappa shape index (κ3) is 1.72. The van der Waals surface area contributed by atoms with Crippen LogP contribution in [0.1, 0.15) is 13.3 Å². The van der Waals surface area contributed by atoms with Crippen molar-refractivity contribution >= 4 is 5.97 Å². The van der Waals surface area contributed by atoms with Crippen LogP contribution in [0.5, 0.6) is 0 Å². The highest BCUT2D eigenvalue weighted by atomic mass is 16.5. The van der Waals surface area contributed by atoms with Gasteiger partial charge in [0.2, 0.25) is 0 Å². The molecule has 0 saturated carbocycles. The maximum Gasteiger partial charge on any atom is 0.334 e. The van der Waals surface area contributed by atoms with Crippen molar-refractivity contribution in [3.8, 4) is 0 Å². The van der Waals surface area contributed by atoms with E-state index in [-0.39, 0.29) is 12.1 Å². The van der Waals surface area contributed by atoms with Gasteiger partial charge in [-0.3, -0.25) is 0 Å². The second-order valence-corrected chi connectivity index (χ2v) is 2.28. The Bertz CT molecular complexity index is 253. The van der Waals surface area contributed by atoms with Gasteiger partial charge in [-0.1, -0.05) is 5.11 Å². The summed E-state index contributed by atoms with van der Waals surface area (Å²) in [5.41, 5.74) is 8.38. The Balaban J connectivity index is 2.74. The Kier molecular flexibility index (Phi) is 2.13. The van der Waals surface area contributed by atoms with Gasteiger partial charge in [0, 0.05) is 23.1 Å². The van der Waals surface area contributed by atoms with Crippen molar-refractivity contribution in [2.45, 2.75) is 19.4 Å². The molecule has 5 heteroatoms. The quantitative estimate of drug-likeness (QED) is 0.188. The molecular formula is C6H7N3O2. The van der Waals surface area contributed by atoms with Crippen LogP contribution in [0.3, 0.4) is 0 Å². The largest absolute Gasteiger partial charge is 0.459 e. The number of carbonyl (C=O) groups is 1. The summed E-state index contributed by atoms with van der Waals surface area (Å²) in [7, 11) is 0. The number of esters is 1. The van der Waals surface area contributed by atoms with Gasteiger partial charge in [0.1, 0.15) is 6.10 Å². The fraction of sp³-hybridized carbons (Fsp3) is 0.500. The van der Waals surface area contributed by atoms with E-state index in [4.69, 9.17) is 10.3 Å². The molecule has 0 bridgehead atoms. The fourth-order valence-corrected chi connectivity index (χ4v) is 0.894. The molecule has 58 valence electrons. The molecule has 1 aliphatic rings. The third-order valence-corrected chi connectivity index (χ3v) is 1.34. The van der Waals surface area contributed by atoms with Crippen molar-refractivity contribution < 1.29 is 9.53 Å². The molecule has 1 saturated heterocycles. The van der Waals surface area contributed by atoms with Crippen molar-refractivity contribution in [2.75, 3.05) is 0 Å². The first-order chi connectivity index (χ1) is 5.24. The topological polar surface area (TPSA) is 75.1 Å². The summed E-state index contributed by atoms with van der Waals surface area (Å²) < 4.78 is 4.78. The number of hydrogen-bond acceptors (Lipinski definition) is 3. The minimum absolute atomic E-state index is 0.0948. The molecule has 5 nitrogen and oxygen atoms in total. The summed E-state index contributed by atoms with van der Waals surface area (Å²) in [5, 5.41) is 3.16. The van der Waals surface area contributed by atoms with Crippen LogP contribution in [0.2, 0.25) is 0 Å². The molecular weight excluding hydrogens is 146 g/mol. The van der Waals surface area contributed by atoms with E-state index in [1.54, 1.807) is 6.92 Å². The van der Waals surface area contributed by atoms with E-state index < -0.39 is 0 Å². The average Bonchev–Trinajstić information content (AvgIpc) is 2.26. The predicted molar refractivity (Wildman–Crippen MR) is 37.4 cm³/mol. The lowest BCUT2D eigenvalue weighted by Crippen LogP contribution is -1.99. The van der Waals surface area contributed by atoms with Crippen molar-refractivity contribution in [1.29, 1.82) is 0 Å². The summed E-state index contributed by atoms with van der Waals surface area (Å²) in [6.45, 7) is 1.79. The van der Waals surface area contributed by atoms with Crippen molar-refractivity contribution in [1.82, 2.24) is 0 Å². The highest BCUT2D eigenvalue weighted by Crippen LogP contribution is 2.19. The standard InChI is InChI=1S/C6H7N3O2/c1-4-2-5(3-8-9-7)6(10)11-4/h3-4H,2H2,1H3/b5-3-/t4-/m0/s1. The lowest BCUT2D eigenvalue weighted by atomic mass is 10.2. The normalized spacial score (nSPS) is 26.5. The molecule has 1 fully saturated rings. The second-order valence-electron chi connectivity index (χ2n) is 2.28. The lowest BCUT2D eigenvalue weighted by Gasteiger charge is -1.94. The highest BCUT2D eigenvalue weighted by molar-refractivity contribution is 5.90. The van der Waals surface area contributed by atoms with Gasteiger partial charge in [-0.2, -0.15) is 0 Å². The molecule has 0 unspecified atom stereocenters. The SMILES string of the molecule is C[C@H]1C/C(=C/N=[N+]=[N-])C(=O)O1. The van der Waals surface area contributed by atoms with Crippen molar-refractivity contribution in [3.05, 3.63) is 22.2 Å². The number of rotatable bonds is 1. The van der Waals surface area contributed by atoms with Gasteiger partial charge in [0.05, 0.1) is 0 Å². The minimum atomic E-state index is -0.384. The van der Waals surface area contributed by atoms with Crippen LogP contribution in [-0.2, 0) is 9.53 Å². The lowest BCUT2D eigenvalue weighted by molar-refractivity contribution is -0.138. The van der Waals surface area contributed by atoms with Crippen molar-refractivity contribution in [3.63, 3.8) is 0 Å². The number of hydrogen-bond donors (Lipinski definition) is 0. The molecule has 1 atom stereocenters. The van der Waals surface area contributed by atoms with Gasteiger partial charge in [-0.05, 0) is 12.5 Å². The summed E-state index contributed by atoms with van der Waals surface area (Å²) in [4.78, 5) is 13.3. The Hall–Kier alpha value is -1.48. The number of ether oxygens (including phenoxy) is 1. The molecule has 0 spiro atoms. The first-order valence-electron chi connectivity index (χ1n) is 3.18. The molecule has 1 aliphatic heterocycles. The first-order valence-corrected chi connectivity index (χ1v) is 3.18. The molecule has 0 aromatic carbocycles. The molecule has 1 heterocycles. The third-order valence-electron chi connectivity index (χ3n) is 1.34. The van der Waals surface area contributed by atoms with Crippen LogP contribution in [0.15, 0.2) is 16.9 Å². The second kappa shape index (κ2) is 3.07. The Morgan fingerprint density at radius 1 is 1.91 bits per heavy atom. The molecule has 0 amide bonds. The van der Waals surface area contributed by atoms with E-state index in [1.807, 2.05) is 0 Å². The summed E-state index contributed by atoms with van der Waals surface area (Å²) >= 11 is 0. The molecule has 0 radical (unpaired) electrons. The van der Waals surface area contributed by atoms with Crippen LogP contribution >= 0.6 is 0 Å². The van der Waals surface area contributed by atoms with E-state index in [2.05, 4.69) is 10.0 Å². The van der Waals surface area contributed by atoms with Gasteiger partial charge < -0.3 is 4.74 Å². The Morgan fingerprint density at radius 3 is 3.09 bits per heavy atom. The monoisotopic (exact) mass is 153 g/mol. The maximum atomic E-state index is 10.8. The fourth-order valence-electron chi connectivity index (χ4n) is 0.894. The van der Waals surface area contributed by atoms with Crippen LogP contribution in [0.4, 0.5) is 0 Å². The van der Waals surface area contributed by atoms with Crippen LogP contribution in [0, 0.1) is 0 Å². The number of carbonyl (C=O) groups excluding carboxylic acids is 1. The summed E-state index contributed by atoms with van der Waals surface area (Å²) in [6.07, 6.45) is 1.63. The van der Waals surface area contributed by atoms with Gasteiger partial charge in [-0.25, -0.2) is 4.79 Å². The molecule has 11 heavy (non-hydrogen) atoms. The molecule has 1 rings (SSSR count). The zero-order valence-corrected chi connectivity index (χ0v) is 6.02. The van der Waals surface area contributed by atoms with Crippen LogP contribution < -0.4 is 0 Å². The summed E-state index contributed by atoms with van der Waals surface area (Å²) in [6, 6.07) is 0. The van der Waals surface area contributed by atoms with E-state index in [9.17, 15) is 4.79 Å². The van der Waals surface area contributed by atoms with E-state index in [0.717, 1.165) is 0 Å². The smallest absolute Gasteiger partial charge is 0.334 e. The van der Waals surface area contributed by atoms with Gasteiger partial charge in [0.15, 0.2) is 0 Å². The van der Waals surface area contributed by atoms with E-state index in [1.165, 1.54) is 6.20 Å². The molecule has 0 aliphatic carbocycles. The highest BCUT2D eigenvalue weighted by Gasteiger charge is 2.24. The zero-order valence-electron chi connectivity index (χ0n) is 6.02. The van der Waals surface area contributed by atoms with Gasteiger partial charge >= 0.3 is 5.97 Å². The maximum absolute atomic E-state index is 10.8. The Morgan fingerprint density at radius 2 is 2.64 bits per heavy atom. The van der Waals surface area contributed by atoms with Gasteiger partial charge in [0.25, 0.3) is 0 Å². The molecule has 0 aromatic heterocycles. The number of cyclic esters (lactones) is 1. The molecule has 0 N–H and O–H groups in total. The Labute approximate surface area is 63.3 Å². The number of nitrogens with zero attached hydrogens (tertiary/aromatic N) is 3. The van der Waals surface area contributed by atoms with E-state index >= 15 is 0 Å². The van der Waals surface area contributed by atoms with Gasteiger partial charge in [-0.15, -0.1) is 0 Å². The number of azide groups is 1. The minimum Gasteiger partial charge on any atom is -0.459 e.